The fraction of sp³-hybridized carbons (Fsp3) is 0.800. The average molecular weight is 164 g/mol. The zero-order chi connectivity index (χ0) is 8.20. The molecule has 10 heavy (non-hydrogen) atoms. The molecule has 0 aromatic rings. The normalized spacial score (nSPS) is 12.3. The third-order valence-electron chi connectivity index (χ3n) is 0.982. The van der Waals surface area contributed by atoms with Gasteiger partial charge in [0.15, 0.2) is 0 Å². The molecule has 0 amide bonds. The van der Waals surface area contributed by atoms with E-state index in [-0.39, 0.29) is 0 Å². The van der Waals surface area contributed by atoms with Crippen molar-refractivity contribution in [3.8, 4) is 0 Å². The summed E-state index contributed by atoms with van der Waals surface area (Å²) in [5.74, 6) is 0. The van der Waals surface area contributed by atoms with Crippen molar-refractivity contribution in [1.29, 1.82) is 0 Å². The molecule has 0 radical (unpaired) electrons. The lowest BCUT2D eigenvalue weighted by Crippen LogP contribution is -2.28. The van der Waals surface area contributed by atoms with Crippen LogP contribution in [0.1, 0.15) is 6.92 Å². The lowest BCUT2D eigenvalue weighted by molar-refractivity contribution is 0.543. The second kappa shape index (κ2) is 3.55. The van der Waals surface area contributed by atoms with Gasteiger partial charge in [0.1, 0.15) is 0 Å². The van der Waals surface area contributed by atoms with Crippen molar-refractivity contribution >= 4 is 16.4 Å². The first-order chi connectivity index (χ1) is 4.52. The smallest absolute Gasteiger partial charge is 0.232 e. The Hall–Kier alpha value is -0.580. The van der Waals surface area contributed by atoms with E-state index in [4.69, 9.17) is 0 Å². The van der Waals surface area contributed by atoms with E-state index in [1.807, 2.05) is 0 Å². The molecule has 0 heterocycles. The first kappa shape index (κ1) is 9.42. The fourth-order valence-corrected chi connectivity index (χ4v) is 1.27. The Morgan fingerprint density at radius 1 is 1.60 bits per heavy atom. The van der Waals surface area contributed by atoms with Crippen LogP contribution in [0.4, 0.5) is 0 Å². The second-order valence-electron chi connectivity index (χ2n) is 1.84. The van der Waals surface area contributed by atoms with Crippen LogP contribution in [-0.2, 0) is 10.0 Å². The largest absolute Gasteiger partial charge is 0.278 e. The highest BCUT2D eigenvalue weighted by atomic mass is 32.2. The van der Waals surface area contributed by atoms with E-state index >= 15 is 0 Å². The van der Waals surface area contributed by atoms with Gasteiger partial charge in [0.05, 0.1) is 12.6 Å². The molecular weight excluding hydrogens is 152 g/mol. The Balaban J connectivity index is 4.38. The van der Waals surface area contributed by atoms with Crippen LogP contribution in [0.15, 0.2) is 4.99 Å². The number of nitrogens with zero attached hydrogens (tertiary/aromatic N) is 2. The maximum Gasteiger partial charge on any atom is 0.232 e. The molecule has 0 N–H and O–H groups in total. The summed E-state index contributed by atoms with van der Waals surface area (Å²) in [5, 5.41) is 0. The molecule has 0 aromatic carbocycles. The molecule has 0 fully saturated rings. The van der Waals surface area contributed by atoms with Gasteiger partial charge in [-0.25, -0.2) is 8.42 Å². The molecule has 0 aromatic heterocycles. The minimum Gasteiger partial charge on any atom is -0.278 e. The van der Waals surface area contributed by atoms with Gasteiger partial charge in [-0.05, 0) is 6.92 Å². The Kier molecular flexibility index (Phi) is 3.35. The van der Waals surface area contributed by atoms with Crippen LogP contribution < -0.4 is 0 Å². The first-order valence-electron chi connectivity index (χ1n) is 2.91. The van der Waals surface area contributed by atoms with Gasteiger partial charge in [-0.3, -0.25) is 9.30 Å². The summed E-state index contributed by atoms with van der Waals surface area (Å²) in [6.45, 7) is 2.18. The minimum absolute atomic E-state index is 0.427. The summed E-state index contributed by atoms with van der Waals surface area (Å²) < 4.78 is 22.7. The molecule has 0 aliphatic rings. The number of hydrogen-bond donors (Lipinski definition) is 0. The Morgan fingerprint density at radius 2 is 2.10 bits per heavy atom. The van der Waals surface area contributed by atoms with E-state index in [0.717, 1.165) is 6.26 Å². The highest BCUT2D eigenvalue weighted by molar-refractivity contribution is 7.88. The van der Waals surface area contributed by atoms with Crippen LogP contribution in [0, 0.1) is 0 Å². The van der Waals surface area contributed by atoms with Gasteiger partial charge in [0, 0.05) is 13.6 Å². The van der Waals surface area contributed by atoms with Crippen molar-refractivity contribution in [2.24, 2.45) is 4.99 Å². The van der Waals surface area contributed by atoms with Crippen molar-refractivity contribution in [3.05, 3.63) is 0 Å². The van der Waals surface area contributed by atoms with E-state index in [2.05, 4.69) is 4.99 Å². The third kappa shape index (κ3) is 2.82. The molecule has 0 spiro atoms. The standard InChI is InChI=1S/C5H12N2O2S/c1-4-7(5-6-2)10(3,8)9/h5H,4H2,1-3H3/b6-5+. The maximum absolute atomic E-state index is 10.8. The number of hydrogen-bond acceptors (Lipinski definition) is 3. The van der Waals surface area contributed by atoms with Crippen LogP contribution in [0.2, 0.25) is 0 Å². The Morgan fingerprint density at radius 3 is 2.20 bits per heavy atom. The van der Waals surface area contributed by atoms with Crippen molar-refractivity contribution in [1.82, 2.24) is 4.31 Å². The van der Waals surface area contributed by atoms with Crippen molar-refractivity contribution in [3.63, 3.8) is 0 Å². The van der Waals surface area contributed by atoms with Gasteiger partial charge in [0.2, 0.25) is 10.0 Å². The average Bonchev–Trinajstić information content (AvgIpc) is 1.80. The zero-order valence-corrected chi connectivity index (χ0v) is 7.22. The quantitative estimate of drug-likeness (QED) is 0.433. The van der Waals surface area contributed by atoms with Crippen LogP contribution >= 0.6 is 0 Å². The summed E-state index contributed by atoms with van der Waals surface area (Å²) in [7, 11) is -1.56. The highest BCUT2D eigenvalue weighted by Crippen LogP contribution is 1.91. The first-order valence-corrected chi connectivity index (χ1v) is 4.76. The lowest BCUT2D eigenvalue weighted by atomic mass is 10.8. The van der Waals surface area contributed by atoms with Gasteiger partial charge in [0.25, 0.3) is 0 Å². The molecule has 0 aliphatic carbocycles. The molecule has 0 atom stereocenters. The number of aliphatic imine (C=N–C) groups is 1. The van der Waals surface area contributed by atoms with Crippen LogP contribution in [-0.4, -0.2) is 38.9 Å². The van der Waals surface area contributed by atoms with Gasteiger partial charge in [-0.15, -0.1) is 0 Å². The summed E-state index contributed by atoms with van der Waals surface area (Å²) in [4.78, 5) is 3.60. The summed E-state index contributed by atoms with van der Waals surface area (Å²) in [6, 6.07) is 0. The van der Waals surface area contributed by atoms with Crippen LogP contribution in [0.3, 0.4) is 0 Å². The zero-order valence-electron chi connectivity index (χ0n) is 6.40. The number of sulfonamides is 1. The molecule has 0 rings (SSSR count). The van der Waals surface area contributed by atoms with Gasteiger partial charge >= 0.3 is 0 Å². The van der Waals surface area contributed by atoms with Crippen molar-refractivity contribution in [2.75, 3.05) is 19.8 Å². The number of rotatable bonds is 3. The maximum atomic E-state index is 10.8. The van der Waals surface area contributed by atoms with E-state index < -0.39 is 10.0 Å². The molecule has 0 saturated carbocycles. The predicted molar refractivity (Wildman–Crippen MR) is 41.6 cm³/mol. The SMILES string of the molecule is CCN(/C=N/C)S(C)(=O)=O. The fourth-order valence-electron chi connectivity index (χ4n) is 0.531. The monoisotopic (exact) mass is 164 g/mol. The molecule has 5 heteroatoms. The second-order valence-corrected chi connectivity index (χ2v) is 3.78. The van der Waals surface area contributed by atoms with E-state index in [1.54, 1.807) is 6.92 Å². The van der Waals surface area contributed by atoms with E-state index in [9.17, 15) is 8.42 Å². The predicted octanol–water partition coefficient (Wildman–Crippen LogP) is -0.0740. The van der Waals surface area contributed by atoms with Gasteiger partial charge in [-0.2, -0.15) is 0 Å². The van der Waals surface area contributed by atoms with Crippen molar-refractivity contribution < 1.29 is 8.42 Å². The molecule has 0 unspecified atom stereocenters. The van der Waals surface area contributed by atoms with Crippen LogP contribution in [0.5, 0.6) is 0 Å². The molecule has 0 bridgehead atoms. The summed E-state index contributed by atoms with van der Waals surface area (Å²) in [5.41, 5.74) is 0. The molecule has 60 valence electrons. The minimum atomic E-state index is -3.09. The van der Waals surface area contributed by atoms with E-state index in [1.165, 1.54) is 17.7 Å². The lowest BCUT2D eigenvalue weighted by Gasteiger charge is -2.12. The molecule has 4 nitrogen and oxygen atoms in total. The molecule has 0 aliphatic heterocycles. The summed E-state index contributed by atoms with van der Waals surface area (Å²) >= 11 is 0. The Bertz CT molecular complexity index is 208. The van der Waals surface area contributed by atoms with Gasteiger partial charge in [-0.1, -0.05) is 0 Å². The van der Waals surface area contributed by atoms with Gasteiger partial charge < -0.3 is 0 Å². The van der Waals surface area contributed by atoms with Crippen LogP contribution in [0.25, 0.3) is 0 Å². The van der Waals surface area contributed by atoms with E-state index in [0.29, 0.717) is 6.54 Å². The summed E-state index contributed by atoms with van der Waals surface area (Å²) in [6.07, 6.45) is 2.45. The molecular formula is C5H12N2O2S. The van der Waals surface area contributed by atoms with Crippen molar-refractivity contribution in [2.45, 2.75) is 6.92 Å². The molecule has 0 saturated heterocycles. The third-order valence-corrected chi connectivity index (χ3v) is 2.19. The Labute approximate surface area is 61.6 Å². The topological polar surface area (TPSA) is 49.7 Å². The highest BCUT2D eigenvalue weighted by Gasteiger charge is 2.08.